The van der Waals surface area contributed by atoms with Crippen molar-refractivity contribution in [1.29, 1.82) is 0 Å². The first-order chi connectivity index (χ1) is 18.4. The van der Waals surface area contributed by atoms with Crippen molar-refractivity contribution in [2.75, 3.05) is 30.3 Å². The summed E-state index contributed by atoms with van der Waals surface area (Å²) in [5.41, 5.74) is 3.92. The Kier molecular flexibility index (Phi) is 7.34. The molecule has 1 aliphatic rings. The van der Waals surface area contributed by atoms with Crippen LogP contribution in [0.1, 0.15) is 22.3 Å². The maximum Gasteiger partial charge on any atom is 0.240 e. The maximum absolute atomic E-state index is 12.6. The summed E-state index contributed by atoms with van der Waals surface area (Å²) in [6, 6.07) is 21.3. The van der Waals surface area contributed by atoms with Gasteiger partial charge in [0.05, 0.1) is 4.90 Å². The molecule has 3 aromatic carbocycles. The number of aromatic nitrogens is 2. The van der Waals surface area contributed by atoms with E-state index in [4.69, 9.17) is 4.74 Å². The van der Waals surface area contributed by atoms with E-state index in [1.807, 2.05) is 31.2 Å². The number of hydrogen-bond donors (Lipinski definition) is 3. The van der Waals surface area contributed by atoms with Crippen LogP contribution >= 0.6 is 0 Å². The van der Waals surface area contributed by atoms with Crippen LogP contribution in [-0.2, 0) is 10.0 Å². The quantitative estimate of drug-likeness (QED) is 0.322. The number of sulfonamides is 1. The molecule has 5 rings (SSSR count). The average Bonchev–Trinajstić information content (AvgIpc) is 2.92. The van der Waals surface area contributed by atoms with Crippen LogP contribution in [0.15, 0.2) is 83.9 Å². The number of anilines is 3. The number of carbonyl (C=O) groups is 1. The van der Waals surface area contributed by atoms with Gasteiger partial charge in [0.15, 0.2) is 12.4 Å². The van der Waals surface area contributed by atoms with Crippen molar-refractivity contribution in [3.63, 3.8) is 0 Å². The van der Waals surface area contributed by atoms with Crippen molar-refractivity contribution >= 4 is 33.3 Å². The van der Waals surface area contributed by atoms with Gasteiger partial charge in [0, 0.05) is 36.1 Å². The van der Waals surface area contributed by atoms with Crippen molar-refractivity contribution in [2.24, 2.45) is 0 Å². The zero-order valence-electron chi connectivity index (χ0n) is 20.8. The second-order valence-electron chi connectivity index (χ2n) is 8.89. The number of fused-ring (bicyclic) bond motifs is 4. The van der Waals surface area contributed by atoms with E-state index >= 15 is 0 Å². The highest BCUT2D eigenvalue weighted by molar-refractivity contribution is 7.89. The summed E-state index contributed by atoms with van der Waals surface area (Å²) in [6.45, 7) is 2.71. The second-order valence-corrected chi connectivity index (χ2v) is 10.7. The Morgan fingerprint density at radius 1 is 1.00 bits per heavy atom. The second kappa shape index (κ2) is 11.0. The first-order valence-electron chi connectivity index (χ1n) is 12.2. The number of rotatable bonds is 5. The molecule has 1 aromatic heterocycles. The number of nitrogens with one attached hydrogen (secondary N) is 3. The van der Waals surface area contributed by atoms with Gasteiger partial charge in [-0.15, -0.1) is 0 Å². The molecule has 0 aliphatic carbocycles. The first-order valence-corrected chi connectivity index (χ1v) is 13.7. The fourth-order valence-corrected chi connectivity index (χ4v) is 5.07. The number of hydrogen-bond acceptors (Lipinski definition) is 8. The van der Waals surface area contributed by atoms with E-state index in [0.29, 0.717) is 41.7 Å². The molecule has 0 atom stereocenters. The first kappa shape index (κ1) is 25.4. The molecule has 2 heterocycles. The van der Waals surface area contributed by atoms with Gasteiger partial charge in [0.1, 0.15) is 11.6 Å². The lowest BCUT2D eigenvalue weighted by Crippen LogP contribution is -2.26. The third-order valence-corrected chi connectivity index (χ3v) is 7.49. The van der Waals surface area contributed by atoms with Crippen molar-refractivity contribution in [3.8, 4) is 16.9 Å². The lowest BCUT2D eigenvalue weighted by molar-refractivity contribution is 0.0921. The molecule has 4 aromatic rings. The van der Waals surface area contributed by atoms with Gasteiger partial charge in [-0.2, -0.15) is 4.98 Å². The normalized spacial score (nSPS) is 14.6. The Hall–Kier alpha value is -4.28. The third-order valence-electron chi connectivity index (χ3n) is 6.04. The van der Waals surface area contributed by atoms with Gasteiger partial charge in [0.25, 0.3) is 0 Å². The number of Topliss-reactive ketones (excluding diaryl/α,β-unsaturated/α-hetero) is 1. The van der Waals surface area contributed by atoms with Crippen LogP contribution in [-0.4, -0.2) is 43.9 Å². The van der Waals surface area contributed by atoms with Crippen molar-refractivity contribution in [3.05, 3.63) is 90.1 Å². The van der Waals surface area contributed by atoms with Gasteiger partial charge in [-0.25, -0.2) is 18.1 Å². The fourth-order valence-electron chi connectivity index (χ4n) is 3.95. The number of aryl methyl sites for hydroxylation is 1. The van der Waals surface area contributed by atoms with E-state index in [1.165, 1.54) is 0 Å². The summed E-state index contributed by atoms with van der Waals surface area (Å²) < 4.78 is 33.5. The molecule has 4 bridgehead atoms. The van der Waals surface area contributed by atoms with Crippen LogP contribution in [0, 0.1) is 6.92 Å². The maximum atomic E-state index is 12.6. The molecule has 0 unspecified atom stereocenters. The van der Waals surface area contributed by atoms with Crippen molar-refractivity contribution < 1.29 is 17.9 Å². The standard InChI is InChI=1S/C28H27N5O4S/c1-19-6-8-21(9-7-19)26(34)18-37-23-12-10-20(11-13-23)25-17-30-28-32-22-4-2-5-24(16-22)38(35,36)31-15-3-14-29-27(25)33-28/h2,4-13,16-17,31H,3,14-15,18H2,1H3,(H2,29,30,32,33). The fraction of sp³-hybridized carbons (Fsp3) is 0.179. The molecule has 10 heteroatoms. The predicted octanol–water partition coefficient (Wildman–Crippen LogP) is 4.55. The Bertz CT molecular complexity index is 1560. The summed E-state index contributed by atoms with van der Waals surface area (Å²) in [7, 11) is -3.61. The minimum Gasteiger partial charge on any atom is -0.485 e. The summed E-state index contributed by atoms with van der Waals surface area (Å²) >= 11 is 0. The van der Waals surface area contributed by atoms with Gasteiger partial charge >= 0.3 is 0 Å². The molecule has 194 valence electrons. The van der Waals surface area contributed by atoms with Gasteiger partial charge in [-0.3, -0.25) is 4.79 Å². The highest BCUT2D eigenvalue weighted by atomic mass is 32.2. The molecule has 0 saturated carbocycles. The van der Waals surface area contributed by atoms with Crippen LogP contribution in [0.2, 0.25) is 0 Å². The minimum atomic E-state index is -3.61. The van der Waals surface area contributed by atoms with E-state index in [0.717, 1.165) is 16.7 Å². The summed E-state index contributed by atoms with van der Waals surface area (Å²) in [6.07, 6.45) is 2.28. The largest absolute Gasteiger partial charge is 0.485 e. The molecule has 9 nitrogen and oxygen atoms in total. The van der Waals surface area contributed by atoms with Crippen LogP contribution in [0.5, 0.6) is 5.75 Å². The molecule has 0 spiro atoms. The topological polar surface area (TPSA) is 122 Å². The number of ketones is 1. The highest BCUT2D eigenvalue weighted by Crippen LogP contribution is 2.29. The smallest absolute Gasteiger partial charge is 0.240 e. The molecule has 0 radical (unpaired) electrons. The Morgan fingerprint density at radius 3 is 2.58 bits per heavy atom. The molecule has 0 fully saturated rings. The highest BCUT2D eigenvalue weighted by Gasteiger charge is 2.16. The van der Waals surface area contributed by atoms with E-state index in [-0.39, 0.29) is 23.8 Å². The lowest BCUT2D eigenvalue weighted by Gasteiger charge is -2.13. The van der Waals surface area contributed by atoms with Crippen LogP contribution in [0.25, 0.3) is 11.1 Å². The van der Waals surface area contributed by atoms with Crippen molar-refractivity contribution in [1.82, 2.24) is 14.7 Å². The number of benzene rings is 3. The molecule has 0 amide bonds. The number of carbonyl (C=O) groups excluding carboxylic acids is 1. The Balaban J connectivity index is 1.33. The molecular formula is C28H27N5O4S. The lowest BCUT2D eigenvalue weighted by atomic mass is 10.1. The van der Waals surface area contributed by atoms with E-state index in [1.54, 1.807) is 54.7 Å². The molecule has 0 saturated heterocycles. The minimum absolute atomic E-state index is 0.0519. The van der Waals surface area contributed by atoms with Crippen molar-refractivity contribution in [2.45, 2.75) is 18.2 Å². The van der Waals surface area contributed by atoms with Crippen LogP contribution in [0.3, 0.4) is 0 Å². The Labute approximate surface area is 221 Å². The summed E-state index contributed by atoms with van der Waals surface area (Å²) in [5, 5.41) is 6.38. The average molecular weight is 530 g/mol. The molecule has 1 aliphatic heterocycles. The molecule has 3 N–H and O–H groups in total. The Morgan fingerprint density at radius 2 is 1.79 bits per heavy atom. The predicted molar refractivity (Wildman–Crippen MR) is 146 cm³/mol. The van der Waals surface area contributed by atoms with E-state index < -0.39 is 10.0 Å². The van der Waals surface area contributed by atoms with Gasteiger partial charge in [-0.1, -0.05) is 48.0 Å². The SMILES string of the molecule is Cc1ccc(C(=O)COc2ccc(-c3cnc4nc3NCCCNS(=O)(=O)c3cccc(c3)N4)cc2)cc1. The summed E-state index contributed by atoms with van der Waals surface area (Å²) in [5.74, 6) is 1.44. The number of nitrogens with zero attached hydrogens (tertiary/aromatic N) is 2. The molecule has 38 heavy (non-hydrogen) atoms. The van der Waals surface area contributed by atoms with Crippen LogP contribution < -0.4 is 20.1 Å². The summed E-state index contributed by atoms with van der Waals surface area (Å²) in [4.78, 5) is 21.7. The van der Waals surface area contributed by atoms with Gasteiger partial charge in [0.2, 0.25) is 16.0 Å². The number of ether oxygens (including phenoxy) is 1. The van der Waals surface area contributed by atoms with Gasteiger partial charge in [-0.05, 0) is 49.2 Å². The zero-order valence-corrected chi connectivity index (χ0v) is 21.6. The monoisotopic (exact) mass is 529 g/mol. The molecular weight excluding hydrogens is 502 g/mol. The van der Waals surface area contributed by atoms with Crippen LogP contribution in [0.4, 0.5) is 17.5 Å². The van der Waals surface area contributed by atoms with Gasteiger partial charge < -0.3 is 15.4 Å². The third kappa shape index (κ3) is 5.99. The zero-order chi connectivity index (χ0) is 26.5. The van der Waals surface area contributed by atoms with E-state index in [9.17, 15) is 13.2 Å². The van der Waals surface area contributed by atoms with E-state index in [2.05, 4.69) is 25.3 Å².